The Morgan fingerprint density at radius 2 is 2.15 bits per heavy atom. The molecule has 1 fully saturated rings. The van der Waals surface area contributed by atoms with Crippen molar-refractivity contribution in [2.24, 2.45) is 5.92 Å². The highest BCUT2D eigenvalue weighted by molar-refractivity contribution is 5.74. The predicted molar refractivity (Wildman–Crippen MR) is 80.8 cm³/mol. The number of urea groups is 1. The number of hydrogen-bond acceptors (Lipinski definition) is 3. The third-order valence-electron chi connectivity index (χ3n) is 3.56. The number of carbonyl (C=O) groups excluding carboxylic acids is 1. The van der Waals surface area contributed by atoms with Gasteiger partial charge < -0.3 is 15.5 Å². The van der Waals surface area contributed by atoms with E-state index in [1.165, 1.54) is 0 Å². The quantitative estimate of drug-likeness (QED) is 0.884. The molecule has 0 spiro atoms. The zero-order valence-electron chi connectivity index (χ0n) is 12.3. The minimum atomic E-state index is -0.0628. The molecule has 1 aromatic rings. The molecule has 20 heavy (non-hydrogen) atoms. The molecule has 0 atom stereocenters. The van der Waals surface area contributed by atoms with E-state index in [-0.39, 0.29) is 12.1 Å². The van der Waals surface area contributed by atoms with Crippen LogP contribution in [0.25, 0.3) is 0 Å². The van der Waals surface area contributed by atoms with Crippen LogP contribution in [-0.4, -0.2) is 36.7 Å². The molecule has 1 aliphatic heterocycles. The lowest BCUT2D eigenvalue weighted by Gasteiger charge is -2.32. The maximum Gasteiger partial charge on any atom is 0.314 e. The summed E-state index contributed by atoms with van der Waals surface area (Å²) in [6.45, 7) is 6.70. The number of nitrogens with zero attached hydrogens (tertiary/aromatic N) is 2. The molecule has 0 unspecified atom stereocenters. The molecule has 5 heteroatoms. The van der Waals surface area contributed by atoms with E-state index < -0.39 is 0 Å². The zero-order valence-corrected chi connectivity index (χ0v) is 12.3. The Labute approximate surface area is 120 Å². The van der Waals surface area contributed by atoms with Crippen molar-refractivity contribution >= 4 is 11.8 Å². The van der Waals surface area contributed by atoms with E-state index in [9.17, 15) is 4.79 Å². The lowest BCUT2D eigenvalue weighted by Crippen LogP contribution is -2.43. The van der Waals surface area contributed by atoms with E-state index in [0.717, 1.165) is 38.3 Å². The molecule has 0 bridgehead atoms. The molecule has 0 aromatic carbocycles. The van der Waals surface area contributed by atoms with Gasteiger partial charge in [0, 0.05) is 31.9 Å². The van der Waals surface area contributed by atoms with Gasteiger partial charge in [0.05, 0.1) is 0 Å². The van der Waals surface area contributed by atoms with E-state index in [0.29, 0.717) is 5.92 Å². The molecule has 2 N–H and O–H groups in total. The Balaban J connectivity index is 1.71. The van der Waals surface area contributed by atoms with Gasteiger partial charge in [0.15, 0.2) is 0 Å². The average Bonchev–Trinajstić information content (AvgIpc) is 2.46. The number of anilines is 1. The first-order valence-electron chi connectivity index (χ1n) is 7.35. The van der Waals surface area contributed by atoms with Crippen LogP contribution in [0.15, 0.2) is 24.4 Å². The van der Waals surface area contributed by atoms with Gasteiger partial charge in [-0.05, 0) is 44.7 Å². The molecule has 0 aliphatic carbocycles. The smallest absolute Gasteiger partial charge is 0.314 e. The largest absolute Gasteiger partial charge is 0.357 e. The van der Waals surface area contributed by atoms with Crippen LogP contribution in [0.1, 0.15) is 26.7 Å². The van der Waals surface area contributed by atoms with Crippen LogP contribution >= 0.6 is 0 Å². The molecule has 110 valence electrons. The summed E-state index contributed by atoms with van der Waals surface area (Å²) < 4.78 is 0. The molecule has 1 saturated heterocycles. The number of nitrogens with one attached hydrogen (secondary N) is 2. The standard InChI is InChI=1S/C15H24N4O/c1-12(2)18-15(20)17-11-13-6-9-19(10-7-13)14-5-3-4-8-16-14/h3-5,8,12-13H,6-7,9-11H2,1-2H3,(H2,17,18,20). The van der Waals surface area contributed by atoms with Crippen molar-refractivity contribution in [2.45, 2.75) is 32.7 Å². The van der Waals surface area contributed by atoms with Crippen LogP contribution in [0.4, 0.5) is 10.6 Å². The van der Waals surface area contributed by atoms with Gasteiger partial charge in [-0.25, -0.2) is 9.78 Å². The van der Waals surface area contributed by atoms with Crippen LogP contribution in [0.3, 0.4) is 0 Å². The normalized spacial score (nSPS) is 16.2. The lowest BCUT2D eigenvalue weighted by atomic mass is 9.97. The monoisotopic (exact) mass is 276 g/mol. The number of pyridine rings is 1. The molecule has 2 amide bonds. The number of piperidine rings is 1. The number of amides is 2. The molecular formula is C15H24N4O. The van der Waals surface area contributed by atoms with E-state index >= 15 is 0 Å². The predicted octanol–water partition coefficient (Wildman–Crippen LogP) is 2.01. The highest BCUT2D eigenvalue weighted by Gasteiger charge is 2.20. The summed E-state index contributed by atoms with van der Waals surface area (Å²) in [5.41, 5.74) is 0. The van der Waals surface area contributed by atoms with Crippen molar-refractivity contribution in [3.63, 3.8) is 0 Å². The molecule has 2 heterocycles. The van der Waals surface area contributed by atoms with E-state index in [1.54, 1.807) is 0 Å². The maximum absolute atomic E-state index is 11.5. The Morgan fingerprint density at radius 1 is 1.40 bits per heavy atom. The number of aromatic nitrogens is 1. The fourth-order valence-corrected chi connectivity index (χ4v) is 2.46. The third kappa shape index (κ3) is 4.40. The fourth-order valence-electron chi connectivity index (χ4n) is 2.46. The molecule has 1 aromatic heterocycles. The van der Waals surface area contributed by atoms with Crippen molar-refractivity contribution in [1.29, 1.82) is 0 Å². The molecule has 0 radical (unpaired) electrons. The highest BCUT2D eigenvalue weighted by atomic mass is 16.2. The Kier molecular flexibility index (Phi) is 5.21. The van der Waals surface area contributed by atoms with E-state index in [1.807, 2.05) is 32.2 Å². The SMILES string of the molecule is CC(C)NC(=O)NCC1CCN(c2ccccn2)CC1. The van der Waals surface area contributed by atoms with Crippen molar-refractivity contribution in [3.8, 4) is 0 Å². The first kappa shape index (κ1) is 14.6. The maximum atomic E-state index is 11.5. The van der Waals surface area contributed by atoms with Gasteiger partial charge in [0.25, 0.3) is 0 Å². The van der Waals surface area contributed by atoms with E-state index in [4.69, 9.17) is 0 Å². The summed E-state index contributed by atoms with van der Waals surface area (Å²) in [4.78, 5) is 18.2. The summed E-state index contributed by atoms with van der Waals surface area (Å²) in [5, 5.41) is 5.80. The second-order valence-electron chi connectivity index (χ2n) is 5.63. The zero-order chi connectivity index (χ0) is 14.4. The fraction of sp³-hybridized carbons (Fsp3) is 0.600. The molecule has 5 nitrogen and oxygen atoms in total. The van der Waals surface area contributed by atoms with Gasteiger partial charge in [0.2, 0.25) is 0 Å². The van der Waals surface area contributed by atoms with Crippen molar-refractivity contribution in [2.75, 3.05) is 24.5 Å². The lowest BCUT2D eigenvalue weighted by molar-refractivity contribution is 0.235. The number of carbonyl (C=O) groups is 1. The number of rotatable bonds is 4. The Hall–Kier alpha value is -1.78. The summed E-state index contributed by atoms with van der Waals surface area (Å²) >= 11 is 0. The van der Waals surface area contributed by atoms with Gasteiger partial charge in [-0.15, -0.1) is 0 Å². The van der Waals surface area contributed by atoms with Gasteiger partial charge in [-0.2, -0.15) is 0 Å². The summed E-state index contributed by atoms with van der Waals surface area (Å²) in [6.07, 6.45) is 4.02. The summed E-state index contributed by atoms with van der Waals surface area (Å²) in [6, 6.07) is 6.13. The van der Waals surface area contributed by atoms with Gasteiger partial charge in [-0.3, -0.25) is 0 Å². The molecule has 1 aliphatic rings. The van der Waals surface area contributed by atoms with Crippen LogP contribution in [0.2, 0.25) is 0 Å². The van der Waals surface area contributed by atoms with Crippen LogP contribution in [0, 0.1) is 5.92 Å². The molecule has 2 rings (SSSR count). The van der Waals surface area contributed by atoms with Crippen LogP contribution in [-0.2, 0) is 0 Å². The minimum absolute atomic E-state index is 0.0628. The second-order valence-corrected chi connectivity index (χ2v) is 5.63. The van der Waals surface area contributed by atoms with Gasteiger partial charge in [-0.1, -0.05) is 6.07 Å². The average molecular weight is 276 g/mol. The number of hydrogen-bond donors (Lipinski definition) is 2. The van der Waals surface area contributed by atoms with E-state index in [2.05, 4.69) is 26.6 Å². The topological polar surface area (TPSA) is 57.3 Å². The minimum Gasteiger partial charge on any atom is -0.357 e. The molecule has 0 saturated carbocycles. The highest BCUT2D eigenvalue weighted by Crippen LogP contribution is 2.20. The Bertz CT molecular complexity index is 413. The van der Waals surface area contributed by atoms with Crippen molar-refractivity contribution in [3.05, 3.63) is 24.4 Å². The third-order valence-corrected chi connectivity index (χ3v) is 3.56. The van der Waals surface area contributed by atoms with Crippen molar-refractivity contribution in [1.82, 2.24) is 15.6 Å². The summed E-state index contributed by atoms with van der Waals surface area (Å²) in [5.74, 6) is 1.62. The summed E-state index contributed by atoms with van der Waals surface area (Å²) in [7, 11) is 0. The van der Waals surface area contributed by atoms with Gasteiger partial charge in [0.1, 0.15) is 5.82 Å². The van der Waals surface area contributed by atoms with Crippen LogP contribution < -0.4 is 15.5 Å². The van der Waals surface area contributed by atoms with Gasteiger partial charge >= 0.3 is 6.03 Å². The Morgan fingerprint density at radius 3 is 2.75 bits per heavy atom. The first-order chi connectivity index (χ1) is 9.65. The van der Waals surface area contributed by atoms with Crippen LogP contribution in [0.5, 0.6) is 0 Å². The second kappa shape index (κ2) is 7.12. The molecular weight excluding hydrogens is 252 g/mol. The van der Waals surface area contributed by atoms with Crippen molar-refractivity contribution < 1.29 is 4.79 Å². The first-order valence-corrected chi connectivity index (χ1v) is 7.35.